The summed E-state index contributed by atoms with van der Waals surface area (Å²) >= 11 is 6.18. The molecule has 3 N–H and O–H groups in total. The monoisotopic (exact) mass is 403 g/mol. The molecule has 4 atom stereocenters. The van der Waals surface area contributed by atoms with Gasteiger partial charge in [-0.15, -0.1) is 0 Å². The van der Waals surface area contributed by atoms with Crippen LogP contribution in [-0.4, -0.2) is 27.3 Å². The molecule has 144 valence electrons. The topological polar surface area (TPSA) is 78.0 Å². The first-order valence-electron chi connectivity index (χ1n) is 8.97. The molecule has 2 fully saturated rings. The molecule has 2 aliphatic carbocycles. The number of fused-ring (bicyclic) bond motifs is 2. The maximum Gasteiger partial charge on any atom is 0.251 e. The van der Waals surface area contributed by atoms with Gasteiger partial charge in [0, 0.05) is 22.0 Å². The third-order valence-electron chi connectivity index (χ3n) is 5.98. The van der Waals surface area contributed by atoms with Crippen molar-refractivity contribution in [3.8, 4) is 0 Å². The molecule has 0 bridgehead atoms. The summed E-state index contributed by atoms with van der Waals surface area (Å²) in [5.74, 6) is -2.23. The Balaban J connectivity index is 1.32. The van der Waals surface area contributed by atoms with E-state index in [9.17, 15) is 18.7 Å². The van der Waals surface area contributed by atoms with E-state index in [0.717, 1.165) is 28.6 Å². The molecule has 0 radical (unpaired) electrons. The molecule has 2 aromatic carbocycles. The zero-order chi connectivity index (χ0) is 19.6. The Hall–Kier alpha value is -2.51. The number of aliphatic hydroxyl groups is 1. The molecule has 0 saturated heterocycles. The molecule has 1 aromatic heterocycles. The Kier molecular flexibility index (Phi) is 3.76. The van der Waals surface area contributed by atoms with Gasteiger partial charge in [0.25, 0.3) is 5.91 Å². The van der Waals surface area contributed by atoms with Crippen molar-refractivity contribution in [3.63, 3.8) is 0 Å². The Bertz CT molecular complexity index is 1100. The Morgan fingerprint density at radius 2 is 1.96 bits per heavy atom. The van der Waals surface area contributed by atoms with Crippen molar-refractivity contribution in [1.29, 1.82) is 0 Å². The molecule has 2 aliphatic rings. The lowest BCUT2D eigenvalue weighted by molar-refractivity contribution is 0.0293. The van der Waals surface area contributed by atoms with Gasteiger partial charge in [-0.2, -0.15) is 5.10 Å². The van der Waals surface area contributed by atoms with E-state index in [0.29, 0.717) is 17.9 Å². The van der Waals surface area contributed by atoms with Crippen LogP contribution in [0.5, 0.6) is 0 Å². The van der Waals surface area contributed by atoms with Crippen molar-refractivity contribution in [2.24, 2.45) is 11.8 Å². The van der Waals surface area contributed by atoms with E-state index in [4.69, 9.17) is 11.6 Å². The molecule has 5 nitrogen and oxygen atoms in total. The smallest absolute Gasteiger partial charge is 0.251 e. The molecule has 0 aliphatic heterocycles. The van der Waals surface area contributed by atoms with Crippen LogP contribution in [0.4, 0.5) is 8.78 Å². The molecule has 28 heavy (non-hydrogen) atoms. The van der Waals surface area contributed by atoms with Crippen molar-refractivity contribution in [2.45, 2.75) is 24.5 Å². The molecule has 3 aromatic rings. The van der Waals surface area contributed by atoms with E-state index in [1.807, 2.05) is 0 Å². The highest BCUT2D eigenvalue weighted by Gasteiger charge is 2.62. The largest absolute Gasteiger partial charge is 0.385 e. The summed E-state index contributed by atoms with van der Waals surface area (Å²) < 4.78 is 26.4. The highest BCUT2D eigenvalue weighted by molar-refractivity contribution is 6.31. The van der Waals surface area contributed by atoms with E-state index >= 15 is 0 Å². The number of amides is 1. The minimum Gasteiger partial charge on any atom is -0.385 e. The van der Waals surface area contributed by atoms with Gasteiger partial charge in [0.15, 0.2) is 11.6 Å². The average molecular weight is 404 g/mol. The van der Waals surface area contributed by atoms with Gasteiger partial charge in [0.05, 0.1) is 17.3 Å². The third kappa shape index (κ3) is 2.69. The summed E-state index contributed by atoms with van der Waals surface area (Å²) in [4.78, 5) is 12.3. The van der Waals surface area contributed by atoms with Crippen LogP contribution in [0.25, 0.3) is 10.9 Å². The van der Waals surface area contributed by atoms with Gasteiger partial charge in [-0.25, -0.2) is 8.78 Å². The number of carbonyl (C=O) groups is 1. The standard InChI is InChI=1S/C20H16ClF2N3O2/c21-10-4-14(13-8-24-26-17(13)5-10)20(28)6-11-12(7-20)18(11)25-19(27)9-1-2-15(22)16(23)3-9/h1-5,8,11-12,18,28H,6-7H2,(H,24,26)(H,25,27)/t11-,12+,18?,20?. The van der Waals surface area contributed by atoms with Crippen LogP contribution in [0.2, 0.25) is 5.02 Å². The molecular weight excluding hydrogens is 388 g/mol. The van der Waals surface area contributed by atoms with Gasteiger partial charge >= 0.3 is 0 Å². The fraction of sp³-hybridized carbons (Fsp3) is 0.300. The maximum absolute atomic E-state index is 13.3. The molecule has 5 rings (SSSR count). The molecule has 8 heteroatoms. The summed E-state index contributed by atoms with van der Waals surface area (Å²) in [7, 11) is 0. The Labute approximate surface area is 163 Å². The number of nitrogens with one attached hydrogen (secondary N) is 2. The number of aromatic nitrogens is 2. The number of carbonyl (C=O) groups excluding carboxylic acids is 1. The molecule has 1 amide bonds. The lowest BCUT2D eigenvalue weighted by atomic mass is 9.86. The SMILES string of the molecule is O=C(NC1[C@H]2CC(O)(c3cc(Cl)cc4[nH]ncc34)C[C@@H]12)c1ccc(F)c(F)c1. The first kappa shape index (κ1) is 17.6. The van der Waals surface area contributed by atoms with E-state index in [1.165, 1.54) is 6.07 Å². The predicted octanol–water partition coefficient (Wildman–Crippen LogP) is 3.52. The van der Waals surface area contributed by atoms with Crippen LogP contribution in [0.15, 0.2) is 36.5 Å². The highest BCUT2D eigenvalue weighted by Crippen LogP contribution is 2.60. The van der Waals surface area contributed by atoms with Gasteiger partial charge in [0.2, 0.25) is 0 Å². The van der Waals surface area contributed by atoms with Crippen LogP contribution < -0.4 is 5.32 Å². The fourth-order valence-corrected chi connectivity index (χ4v) is 4.79. The minimum absolute atomic E-state index is 0.0779. The van der Waals surface area contributed by atoms with Crippen molar-refractivity contribution in [2.75, 3.05) is 0 Å². The van der Waals surface area contributed by atoms with Crippen LogP contribution in [0.1, 0.15) is 28.8 Å². The quantitative estimate of drug-likeness (QED) is 0.626. The van der Waals surface area contributed by atoms with Gasteiger partial charge in [-0.05, 0) is 60.6 Å². The van der Waals surface area contributed by atoms with Crippen molar-refractivity contribution >= 4 is 28.4 Å². The van der Waals surface area contributed by atoms with E-state index in [-0.39, 0.29) is 23.4 Å². The number of aromatic amines is 1. The summed E-state index contributed by atoms with van der Waals surface area (Å²) in [6.07, 6.45) is 2.65. The first-order valence-corrected chi connectivity index (χ1v) is 9.35. The van der Waals surface area contributed by atoms with Crippen molar-refractivity contribution < 1.29 is 18.7 Å². The van der Waals surface area contributed by atoms with Gasteiger partial charge in [0.1, 0.15) is 0 Å². The van der Waals surface area contributed by atoms with E-state index in [2.05, 4.69) is 15.5 Å². The summed E-state index contributed by atoms with van der Waals surface area (Å²) in [6.45, 7) is 0. The molecule has 2 unspecified atom stereocenters. The normalized spacial score (nSPS) is 28.4. The minimum atomic E-state index is -1.05. The summed E-state index contributed by atoms with van der Waals surface area (Å²) in [6, 6.07) is 6.52. The second-order valence-corrected chi connectivity index (χ2v) is 8.12. The predicted molar refractivity (Wildman–Crippen MR) is 98.8 cm³/mol. The zero-order valence-electron chi connectivity index (χ0n) is 14.5. The Morgan fingerprint density at radius 1 is 1.21 bits per heavy atom. The van der Waals surface area contributed by atoms with Gasteiger partial charge in [-0.3, -0.25) is 9.89 Å². The average Bonchev–Trinajstić information content (AvgIpc) is 3.03. The van der Waals surface area contributed by atoms with E-state index in [1.54, 1.807) is 18.3 Å². The zero-order valence-corrected chi connectivity index (χ0v) is 15.3. The number of hydrogen-bond donors (Lipinski definition) is 3. The lowest BCUT2D eigenvalue weighted by Crippen LogP contribution is -2.33. The van der Waals surface area contributed by atoms with Crippen molar-refractivity contribution in [3.05, 3.63) is 64.3 Å². The van der Waals surface area contributed by atoms with Crippen LogP contribution in [0, 0.1) is 23.5 Å². The fourth-order valence-electron chi connectivity index (χ4n) is 4.57. The highest BCUT2D eigenvalue weighted by atomic mass is 35.5. The van der Waals surface area contributed by atoms with Crippen LogP contribution in [-0.2, 0) is 5.60 Å². The number of halogens is 3. The maximum atomic E-state index is 13.3. The number of H-pyrrole nitrogens is 1. The van der Waals surface area contributed by atoms with E-state index < -0.39 is 23.1 Å². The first-order chi connectivity index (χ1) is 13.4. The number of rotatable bonds is 3. The van der Waals surface area contributed by atoms with Crippen molar-refractivity contribution in [1.82, 2.24) is 15.5 Å². The molecule has 1 heterocycles. The lowest BCUT2D eigenvalue weighted by Gasteiger charge is -2.27. The van der Waals surface area contributed by atoms with Gasteiger partial charge in [-0.1, -0.05) is 11.6 Å². The van der Waals surface area contributed by atoms with Gasteiger partial charge < -0.3 is 10.4 Å². The molecule has 2 saturated carbocycles. The summed E-state index contributed by atoms with van der Waals surface area (Å²) in [5.41, 5.74) is 0.543. The second kappa shape index (κ2) is 5.99. The molecular formula is C20H16ClF2N3O2. The molecule has 0 spiro atoms. The van der Waals surface area contributed by atoms with Crippen LogP contribution in [0.3, 0.4) is 0 Å². The number of nitrogens with zero attached hydrogens (tertiary/aromatic N) is 1. The second-order valence-electron chi connectivity index (χ2n) is 7.68. The Morgan fingerprint density at radius 3 is 2.68 bits per heavy atom. The summed E-state index contributed by atoms with van der Waals surface area (Å²) in [5, 5.41) is 22.3. The number of hydrogen-bond acceptors (Lipinski definition) is 3. The third-order valence-corrected chi connectivity index (χ3v) is 6.20. The number of benzene rings is 2. The van der Waals surface area contributed by atoms with Crippen LogP contribution >= 0.6 is 11.6 Å².